The molecule has 2 aromatic heterocycles. The molecule has 0 radical (unpaired) electrons. The third-order valence-electron chi connectivity index (χ3n) is 5.58. The molecule has 8 nitrogen and oxygen atoms in total. The lowest BCUT2D eigenvalue weighted by Crippen LogP contribution is -2.43. The molecule has 0 saturated carbocycles. The van der Waals surface area contributed by atoms with Crippen LogP contribution in [0.4, 0.5) is 20.3 Å². The summed E-state index contributed by atoms with van der Waals surface area (Å²) in [7, 11) is 0. The topological polar surface area (TPSA) is 115 Å². The van der Waals surface area contributed by atoms with E-state index < -0.39 is 24.4 Å². The van der Waals surface area contributed by atoms with Gasteiger partial charge in [0.15, 0.2) is 17.2 Å². The largest absolute Gasteiger partial charge is 0.476 e. The molecule has 4 rings (SSSR count). The standard InChI is InChI=1S/C23H21ClF2N6O2/c1-11-5-15(12(2)28-16-3-4-19(24)30-21(16)23(33)34)20-17(6-11)29-18(8-27)22(31-20)32-9-13(25)7-14(26)10-32/h3-6,12-14,28H,7,9-10H2,1-2H3,(H,33,34)/t12-,13-,14+/m1/s1. The number of pyridine rings is 1. The maximum Gasteiger partial charge on any atom is 0.356 e. The molecule has 0 aliphatic carbocycles. The lowest BCUT2D eigenvalue weighted by molar-refractivity contribution is 0.0691. The van der Waals surface area contributed by atoms with E-state index in [0.717, 1.165) is 5.56 Å². The van der Waals surface area contributed by atoms with Crippen LogP contribution in [0.15, 0.2) is 24.3 Å². The van der Waals surface area contributed by atoms with E-state index in [1.54, 1.807) is 6.07 Å². The van der Waals surface area contributed by atoms with Crippen LogP contribution in [0.1, 0.15) is 46.7 Å². The predicted octanol–water partition coefficient (Wildman–Crippen LogP) is 4.62. The molecule has 0 bridgehead atoms. The van der Waals surface area contributed by atoms with E-state index in [1.165, 1.54) is 17.0 Å². The molecule has 11 heteroatoms. The van der Waals surface area contributed by atoms with Crippen molar-refractivity contribution in [2.24, 2.45) is 0 Å². The van der Waals surface area contributed by atoms with Crippen molar-refractivity contribution in [1.82, 2.24) is 15.0 Å². The van der Waals surface area contributed by atoms with Crippen LogP contribution in [0.2, 0.25) is 5.15 Å². The molecule has 1 aromatic carbocycles. The first-order valence-electron chi connectivity index (χ1n) is 10.6. The average molecular weight is 487 g/mol. The zero-order valence-electron chi connectivity index (χ0n) is 18.4. The number of carbonyl (C=O) groups is 1. The zero-order valence-corrected chi connectivity index (χ0v) is 19.1. The smallest absolute Gasteiger partial charge is 0.356 e. The minimum Gasteiger partial charge on any atom is -0.476 e. The summed E-state index contributed by atoms with van der Waals surface area (Å²) in [4.78, 5) is 26.0. The van der Waals surface area contributed by atoms with E-state index in [-0.39, 0.29) is 47.6 Å². The molecule has 3 atom stereocenters. The number of nitrogens with one attached hydrogen (secondary N) is 1. The maximum atomic E-state index is 14.1. The van der Waals surface area contributed by atoms with E-state index in [2.05, 4.69) is 20.3 Å². The van der Waals surface area contributed by atoms with Crippen LogP contribution in [0.3, 0.4) is 0 Å². The van der Waals surface area contributed by atoms with Gasteiger partial charge in [0.2, 0.25) is 0 Å². The molecule has 3 aromatic rings. The molecule has 1 saturated heterocycles. The van der Waals surface area contributed by atoms with E-state index in [1.807, 2.05) is 26.0 Å². The van der Waals surface area contributed by atoms with Crippen molar-refractivity contribution in [2.75, 3.05) is 23.3 Å². The summed E-state index contributed by atoms with van der Waals surface area (Å²) >= 11 is 5.85. The molecule has 1 aliphatic heterocycles. The second kappa shape index (κ2) is 9.35. The molecule has 3 heterocycles. The van der Waals surface area contributed by atoms with E-state index >= 15 is 0 Å². The van der Waals surface area contributed by atoms with Crippen molar-refractivity contribution in [3.8, 4) is 6.07 Å². The molecule has 176 valence electrons. The number of nitrogens with zero attached hydrogens (tertiary/aromatic N) is 5. The predicted molar refractivity (Wildman–Crippen MR) is 124 cm³/mol. The quantitative estimate of drug-likeness (QED) is 0.502. The number of hydrogen-bond acceptors (Lipinski definition) is 7. The average Bonchev–Trinajstić information content (AvgIpc) is 2.77. The van der Waals surface area contributed by atoms with Gasteiger partial charge in [0.25, 0.3) is 0 Å². The minimum atomic E-state index is -1.38. The molecular formula is C23H21ClF2N6O2. The molecule has 1 aliphatic rings. The Balaban J connectivity index is 1.80. The van der Waals surface area contributed by atoms with Gasteiger partial charge in [0.05, 0.1) is 35.9 Å². The number of aromatic nitrogens is 3. The number of halogens is 3. The Hall–Kier alpha value is -3.58. The number of alkyl halides is 2. The lowest BCUT2D eigenvalue weighted by atomic mass is 10.0. The van der Waals surface area contributed by atoms with Crippen LogP contribution >= 0.6 is 11.6 Å². The number of hydrogen-bond donors (Lipinski definition) is 2. The molecule has 0 unspecified atom stereocenters. The summed E-state index contributed by atoms with van der Waals surface area (Å²) in [5.41, 5.74) is 2.42. The van der Waals surface area contributed by atoms with Gasteiger partial charge in [-0.3, -0.25) is 0 Å². The highest BCUT2D eigenvalue weighted by Crippen LogP contribution is 2.31. The second-order valence-electron chi connectivity index (χ2n) is 8.27. The first-order valence-corrected chi connectivity index (χ1v) is 11.0. The SMILES string of the molecule is Cc1cc([C@@H](C)Nc2ccc(Cl)nc2C(=O)O)c2nc(N3C[C@H](F)C[C@H](F)C3)c(C#N)nc2c1. The fraction of sp³-hybridized carbons (Fsp3) is 0.348. The number of fused-ring (bicyclic) bond motifs is 1. The normalized spacial score (nSPS) is 19.0. The van der Waals surface area contributed by atoms with Gasteiger partial charge >= 0.3 is 5.97 Å². The van der Waals surface area contributed by atoms with Gasteiger partial charge in [-0.15, -0.1) is 0 Å². The fourth-order valence-corrected chi connectivity index (χ4v) is 4.27. The molecule has 2 N–H and O–H groups in total. The summed E-state index contributed by atoms with van der Waals surface area (Å²) in [6.07, 6.45) is -2.94. The van der Waals surface area contributed by atoms with Crippen molar-refractivity contribution in [2.45, 2.75) is 38.7 Å². The highest BCUT2D eigenvalue weighted by molar-refractivity contribution is 6.29. The van der Waals surface area contributed by atoms with E-state index in [4.69, 9.17) is 11.6 Å². The molecule has 0 amide bonds. The van der Waals surface area contributed by atoms with E-state index in [0.29, 0.717) is 16.6 Å². The summed E-state index contributed by atoms with van der Waals surface area (Å²) in [5.74, 6) is -1.12. The Morgan fingerprint density at radius 2 is 1.97 bits per heavy atom. The first kappa shape index (κ1) is 23.6. The van der Waals surface area contributed by atoms with Gasteiger partial charge in [-0.25, -0.2) is 28.5 Å². The number of nitriles is 1. The van der Waals surface area contributed by atoms with Crippen molar-refractivity contribution in [3.63, 3.8) is 0 Å². The van der Waals surface area contributed by atoms with Crippen LogP contribution in [0.25, 0.3) is 11.0 Å². The Bertz CT molecular complexity index is 1300. The minimum absolute atomic E-state index is 0.0129. The molecule has 1 fully saturated rings. The van der Waals surface area contributed by atoms with E-state index in [9.17, 15) is 23.9 Å². The van der Waals surface area contributed by atoms with Gasteiger partial charge in [0, 0.05) is 12.0 Å². The summed E-state index contributed by atoms with van der Waals surface area (Å²) in [6.45, 7) is 3.51. The summed E-state index contributed by atoms with van der Waals surface area (Å²) in [6, 6.07) is 8.16. The zero-order chi connectivity index (χ0) is 24.6. The number of piperidine rings is 1. The third kappa shape index (κ3) is 4.70. The van der Waals surface area contributed by atoms with Gasteiger partial charge in [-0.2, -0.15) is 5.26 Å². The van der Waals surface area contributed by atoms with Gasteiger partial charge in [-0.05, 0) is 37.6 Å². The Kier molecular flexibility index (Phi) is 6.48. The molecule has 0 spiro atoms. The molecule has 34 heavy (non-hydrogen) atoms. The fourth-order valence-electron chi connectivity index (χ4n) is 4.13. The van der Waals surface area contributed by atoms with Gasteiger partial charge in [0.1, 0.15) is 23.6 Å². The number of carboxylic acid groups (broad SMARTS) is 1. The maximum absolute atomic E-state index is 14.1. The van der Waals surface area contributed by atoms with Crippen molar-refractivity contribution in [3.05, 3.63) is 51.9 Å². The number of carboxylic acids is 1. The van der Waals surface area contributed by atoms with Crippen molar-refractivity contribution >= 4 is 40.1 Å². The number of rotatable bonds is 5. The van der Waals surface area contributed by atoms with Gasteiger partial charge < -0.3 is 15.3 Å². The van der Waals surface area contributed by atoms with Crippen LogP contribution in [0.5, 0.6) is 0 Å². The lowest BCUT2D eigenvalue weighted by Gasteiger charge is -2.32. The second-order valence-corrected chi connectivity index (χ2v) is 8.65. The van der Waals surface area contributed by atoms with Crippen molar-refractivity contribution < 1.29 is 18.7 Å². The number of aryl methyl sites for hydroxylation is 1. The summed E-state index contributed by atoms with van der Waals surface area (Å²) < 4.78 is 28.1. The first-order chi connectivity index (χ1) is 16.2. The third-order valence-corrected chi connectivity index (χ3v) is 5.79. The summed E-state index contributed by atoms with van der Waals surface area (Å²) in [5, 5.41) is 22.3. The number of aromatic carboxylic acids is 1. The number of anilines is 2. The monoisotopic (exact) mass is 486 g/mol. The van der Waals surface area contributed by atoms with Crippen LogP contribution < -0.4 is 10.2 Å². The van der Waals surface area contributed by atoms with Gasteiger partial charge in [-0.1, -0.05) is 17.7 Å². The Morgan fingerprint density at radius 1 is 1.26 bits per heavy atom. The van der Waals surface area contributed by atoms with Crippen LogP contribution in [-0.4, -0.2) is 51.5 Å². The Labute approximate surface area is 199 Å². The molecular weight excluding hydrogens is 466 g/mol. The Morgan fingerprint density at radius 3 is 2.62 bits per heavy atom. The van der Waals surface area contributed by atoms with Crippen molar-refractivity contribution in [1.29, 1.82) is 5.26 Å². The highest BCUT2D eigenvalue weighted by Gasteiger charge is 2.30. The number of benzene rings is 1. The van der Waals surface area contributed by atoms with Crippen LogP contribution in [0, 0.1) is 18.3 Å². The van der Waals surface area contributed by atoms with Crippen LogP contribution in [-0.2, 0) is 0 Å². The highest BCUT2D eigenvalue weighted by atomic mass is 35.5.